The second kappa shape index (κ2) is 13.9. The van der Waals surface area contributed by atoms with E-state index in [0.29, 0.717) is 24.9 Å². The molecule has 0 radical (unpaired) electrons. The Morgan fingerprint density at radius 1 is 0.946 bits per heavy atom. The van der Waals surface area contributed by atoms with Crippen molar-refractivity contribution in [3.63, 3.8) is 0 Å². The predicted octanol–water partition coefficient (Wildman–Crippen LogP) is -0.800. The number of carboxylic acid groups (broad SMARTS) is 2. The molecule has 0 aliphatic rings. The largest absolute Gasteiger partial charge is 0.481 e. The highest BCUT2D eigenvalue weighted by molar-refractivity contribution is 5.94. The molecule has 0 saturated heterocycles. The second-order valence-corrected chi connectivity index (χ2v) is 8.74. The van der Waals surface area contributed by atoms with Crippen LogP contribution in [0.1, 0.15) is 38.2 Å². The van der Waals surface area contributed by atoms with Crippen molar-refractivity contribution < 1.29 is 34.2 Å². The Bertz CT molecular complexity index is 1120. The number of carbonyl (C=O) groups excluding carboxylic acids is 3. The Kier molecular flexibility index (Phi) is 11.0. The van der Waals surface area contributed by atoms with Crippen LogP contribution in [0.25, 0.3) is 10.9 Å². The molecule has 0 spiro atoms. The summed E-state index contributed by atoms with van der Waals surface area (Å²) in [6.07, 6.45) is 2.32. The molecule has 13 heteroatoms. The molecule has 2 aromatic rings. The van der Waals surface area contributed by atoms with Gasteiger partial charge in [0, 0.05) is 23.5 Å². The van der Waals surface area contributed by atoms with Crippen LogP contribution in [0.3, 0.4) is 0 Å². The summed E-state index contributed by atoms with van der Waals surface area (Å²) in [4.78, 5) is 63.5. The number of aromatic amines is 1. The van der Waals surface area contributed by atoms with E-state index in [1.54, 1.807) is 6.20 Å². The standard InChI is InChI=1S/C24H34N6O7/c1-13(28-23(35)18(8-4-5-9-25)29-22(34)16(26)11-20(31)32)21(33)30-19(24(36)37)10-14-12-27-17-7-3-2-6-15(14)17/h2-3,6-7,12-13,16,18-19,27H,4-5,8-11,25-26H2,1H3,(H,28,35)(H,29,34)(H,30,33)(H,31,32)(H,36,37). The quantitative estimate of drug-likeness (QED) is 0.138. The summed E-state index contributed by atoms with van der Waals surface area (Å²) >= 11 is 0. The van der Waals surface area contributed by atoms with Crippen molar-refractivity contribution in [3.05, 3.63) is 36.0 Å². The Balaban J connectivity index is 2.03. The maximum atomic E-state index is 12.8. The van der Waals surface area contributed by atoms with Gasteiger partial charge in [0.1, 0.15) is 18.1 Å². The number of unbranched alkanes of at least 4 members (excludes halogenated alkanes) is 1. The van der Waals surface area contributed by atoms with E-state index in [1.807, 2.05) is 24.3 Å². The number of carboxylic acids is 2. The maximum absolute atomic E-state index is 12.8. The fraction of sp³-hybridized carbons (Fsp3) is 0.458. The number of hydrogen-bond donors (Lipinski definition) is 8. The maximum Gasteiger partial charge on any atom is 0.326 e. The van der Waals surface area contributed by atoms with Crippen LogP contribution >= 0.6 is 0 Å². The molecule has 0 aliphatic heterocycles. The Morgan fingerprint density at radius 3 is 2.27 bits per heavy atom. The number of aromatic nitrogens is 1. The lowest BCUT2D eigenvalue weighted by atomic mass is 10.0. The fourth-order valence-electron chi connectivity index (χ4n) is 3.72. The average molecular weight is 519 g/mol. The highest BCUT2D eigenvalue weighted by Crippen LogP contribution is 2.19. The van der Waals surface area contributed by atoms with Gasteiger partial charge in [-0.05, 0) is 44.4 Å². The molecule has 10 N–H and O–H groups in total. The first-order valence-corrected chi connectivity index (χ1v) is 11.9. The first-order chi connectivity index (χ1) is 17.5. The molecule has 3 amide bonds. The van der Waals surface area contributed by atoms with Crippen LogP contribution in [0.15, 0.2) is 30.5 Å². The van der Waals surface area contributed by atoms with Gasteiger partial charge in [0.25, 0.3) is 0 Å². The fourth-order valence-corrected chi connectivity index (χ4v) is 3.72. The summed E-state index contributed by atoms with van der Waals surface area (Å²) < 4.78 is 0. The first kappa shape index (κ1) is 29.3. The van der Waals surface area contributed by atoms with E-state index in [4.69, 9.17) is 16.6 Å². The molecular formula is C24H34N6O7. The lowest BCUT2D eigenvalue weighted by Crippen LogP contribution is -2.56. The van der Waals surface area contributed by atoms with Crippen LogP contribution in [0.4, 0.5) is 0 Å². The monoisotopic (exact) mass is 518 g/mol. The third-order valence-corrected chi connectivity index (χ3v) is 5.78. The highest BCUT2D eigenvalue weighted by Gasteiger charge is 2.29. The molecule has 1 aromatic carbocycles. The van der Waals surface area contributed by atoms with Gasteiger partial charge in [0.05, 0.1) is 12.5 Å². The molecule has 1 aromatic heterocycles. The van der Waals surface area contributed by atoms with Gasteiger partial charge in [-0.2, -0.15) is 0 Å². The zero-order valence-corrected chi connectivity index (χ0v) is 20.5. The minimum atomic E-state index is -1.36. The summed E-state index contributed by atoms with van der Waals surface area (Å²) in [6, 6.07) is 2.53. The van der Waals surface area contributed by atoms with Crippen molar-refractivity contribution in [2.24, 2.45) is 11.5 Å². The van der Waals surface area contributed by atoms with Crippen molar-refractivity contribution in [3.8, 4) is 0 Å². The van der Waals surface area contributed by atoms with Gasteiger partial charge in [-0.25, -0.2) is 4.79 Å². The second-order valence-electron chi connectivity index (χ2n) is 8.74. The van der Waals surface area contributed by atoms with Crippen molar-refractivity contribution in [1.82, 2.24) is 20.9 Å². The molecule has 1 heterocycles. The van der Waals surface area contributed by atoms with Gasteiger partial charge >= 0.3 is 11.9 Å². The number of hydrogen-bond acceptors (Lipinski definition) is 7. The van der Waals surface area contributed by atoms with Gasteiger partial charge in [-0.15, -0.1) is 0 Å². The highest BCUT2D eigenvalue weighted by atomic mass is 16.4. The van der Waals surface area contributed by atoms with E-state index in [9.17, 15) is 29.1 Å². The zero-order chi connectivity index (χ0) is 27.5. The van der Waals surface area contributed by atoms with Crippen molar-refractivity contribution in [1.29, 1.82) is 0 Å². The molecule has 4 unspecified atom stereocenters. The van der Waals surface area contributed by atoms with Crippen LogP contribution in [0.2, 0.25) is 0 Å². The van der Waals surface area contributed by atoms with Crippen LogP contribution in [0.5, 0.6) is 0 Å². The van der Waals surface area contributed by atoms with E-state index < -0.39 is 60.2 Å². The third kappa shape index (κ3) is 8.88. The van der Waals surface area contributed by atoms with Crippen molar-refractivity contribution in [2.45, 2.75) is 63.2 Å². The van der Waals surface area contributed by atoms with Crippen LogP contribution in [-0.2, 0) is 30.4 Å². The lowest BCUT2D eigenvalue weighted by molar-refractivity contribution is -0.142. The van der Waals surface area contributed by atoms with E-state index >= 15 is 0 Å². The summed E-state index contributed by atoms with van der Waals surface area (Å²) in [5, 5.41) is 26.7. The number of aliphatic carboxylic acids is 2. The summed E-state index contributed by atoms with van der Waals surface area (Å²) in [6.45, 7) is 1.75. The molecule has 2 rings (SSSR count). The number of amides is 3. The predicted molar refractivity (Wildman–Crippen MR) is 134 cm³/mol. The summed E-state index contributed by atoms with van der Waals surface area (Å²) in [5.74, 6) is -4.75. The average Bonchev–Trinajstić information content (AvgIpc) is 3.25. The van der Waals surface area contributed by atoms with Crippen LogP contribution in [0, 0.1) is 0 Å². The molecule has 0 saturated carbocycles. The van der Waals surface area contributed by atoms with E-state index in [0.717, 1.165) is 10.9 Å². The Labute approximate surface area is 213 Å². The summed E-state index contributed by atoms with van der Waals surface area (Å²) in [5.41, 5.74) is 12.6. The topological polar surface area (TPSA) is 230 Å². The number of rotatable bonds is 15. The molecule has 4 atom stereocenters. The van der Waals surface area contributed by atoms with Crippen LogP contribution < -0.4 is 27.4 Å². The number of H-pyrrole nitrogens is 1. The Morgan fingerprint density at radius 2 is 1.62 bits per heavy atom. The number of para-hydroxylation sites is 1. The SMILES string of the molecule is CC(NC(=O)C(CCCCN)NC(=O)C(N)CC(=O)O)C(=O)NC(Cc1c[nH]c2ccccc12)C(=O)O. The number of carbonyl (C=O) groups is 5. The van der Waals surface area contributed by atoms with Gasteiger partial charge in [-0.1, -0.05) is 18.2 Å². The van der Waals surface area contributed by atoms with Gasteiger partial charge in [-0.3, -0.25) is 19.2 Å². The molecule has 13 nitrogen and oxygen atoms in total. The molecule has 37 heavy (non-hydrogen) atoms. The van der Waals surface area contributed by atoms with E-state index in [2.05, 4.69) is 20.9 Å². The molecule has 0 aliphatic carbocycles. The van der Waals surface area contributed by atoms with E-state index in [-0.39, 0.29) is 12.8 Å². The number of nitrogens with two attached hydrogens (primary N) is 2. The summed E-state index contributed by atoms with van der Waals surface area (Å²) in [7, 11) is 0. The number of benzene rings is 1. The van der Waals surface area contributed by atoms with Gasteiger partial charge in [0.2, 0.25) is 17.7 Å². The number of fused-ring (bicyclic) bond motifs is 1. The first-order valence-electron chi connectivity index (χ1n) is 11.9. The normalized spacial score (nSPS) is 14.2. The van der Waals surface area contributed by atoms with Crippen molar-refractivity contribution >= 4 is 40.6 Å². The minimum Gasteiger partial charge on any atom is -0.481 e. The third-order valence-electron chi connectivity index (χ3n) is 5.78. The number of nitrogens with one attached hydrogen (secondary N) is 4. The molecule has 0 bridgehead atoms. The van der Waals surface area contributed by atoms with Gasteiger partial charge < -0.3 is 42.6 Å². The molecule has 0 fully saturated rings. The lowest BCUT2D eigenvalue weighted by Gasteiger charge is -2.23. The smallest absolute Gasteiger partial charge is 0.326 e. The molecular weight excluding hydrogens is 484 g/mol. The molecule has 202 valence electrons. The van der Waals surface area contributed by atoms with Crippen molar-refractivity contribution in [2.75, 3.05) is 6.54 Å². The van der Waals surface area contributed by atoms with Gasteiger partial charge in [0.15, 0.2) is 0 Å². The van der Waals surface area contributed by atoms with E-state index in [1.165, 1.54) is 6.92 Å². The minimum absolute atomic E-state index is 0.0188. The Hall–Kier alpha value is -3.97. The zero-order valence-electron chi connectivity index (χ0n) is 20.5. The van der Waals surface area contributed by atoms with Crippen LogP contribution in [-0.4, -0.2) is 75.6 Å².